The number of aromatic hydroxyl groups is 1. The van der Waals surface area contributed by atoms with Gasteiger partial charge in [-0.15, -0.1) is 0 Å². The molecule has 2 aromatic rings. The lowest BCUT2D eigenvalue weighted by Crippen LogP contribution is -1.83. The average molecular weight is 195 g/mol. The molecule has 1 aromatic heterocycles. The van der Waals surface area contributed by atoms with Crippen molar-refractivity contribution in [2.45, 2.75) is 0 Å². The van der Waals surface area contributed by atoms with Crippen LogP contribution in [-0.2, 0) is 0 Å². The van der Waals surface area contributed by atoms with Gasteiger partial charge in [0.15, 0.2) is 5.06 Å². The molecule has 13 heavy (non-hydrogen) atoms. The number of nitrogens with two attached hydrogens (primary N) is 1. The predicted molar refractivity (Wildman–Crippen MR) is 54.5 cm³/mol. The third kappa shape index (κ3) is 1.19. The van der Waals surface area contributed by atoms with Gasteiger partial charge in [0.25, 0.3) is 0 Å². The molecule has 0 saturated carbocycles. The fourth-order valence-corrected chi connectivity index (χ4v) is 2.10. The van der Waals surface area contributed by atoms with Crippen molar-refractivity contribution in [3.05, 3.63) is 18.2 Å². The quantitative estimate of drug-likeness (QED) is 0.733. The lowest BCUT2D eigenvalue weighted by Gasteiger charge is -1.97. The van der Waals surface area contributed by atoms with Gasteiger partial charge in [-0.25, -0.2) is 0 Å². The molecule has 0 atom stereocenters. The molecule has 2 rings (SSSR count). The fourth-order valence-electron chi connectivity index (χ4n) is 1.21. The molecule has 4 heteroatoms. The van der Waals surface area contributed by atoms with Crippen LogP contribution < -0.4 is 10.5 Å². The first-order chi connectivity index (χ1) is 6.22. The third-order valence-corrected chi connectivity index (χ3v) is 2.89. The van der Waals surface area contributed by atoms with E-state index in [4.69, 9.17) is 10.5 Å². The topological polar surface area (TPSA) is 55.5 Å². The minimum atomic E-state index is 0.170. The van der Waals surface area contributed by atoms with Crippen LogP contribution in [0.3, 0.4) is 0 Å². The predicted octanol–water partition coefficient (Wildman–Crippen LogP) is 2.20. The Morgan fingerprint density at radius 3 is 2.92 bits per heavy atom. The minimum absolute atomic E-state index is 0.170. The fraction of sp³-hybridized carbons (Fsp3) is 0.111. The van der Waals surface area contributed by atoms with Gasteiger partial charge in [0.1, 0.15) is 5.75 Å². The number of nitrogen functional groups attached to an aromatic ring is 1. The summed E-state index contributed by atoms with van der Waals surface area (Å²) in [5, 5.41) is 10.4. The molecule has 0 unspecified atom stereocenters. The monoisotopic (exact) mass is 195 g/mol. The Labute approximate surface area is 79.4 Å². The zero-order valence-corrected chi connectivity index (χ0v) is 7.89. The zero-order chi connectivity index (χ0) is 9.42. The summed E-state index contributed by atoms with van der Waals surface area (Å²) < 4.78 is 5.99. The number of methoxy groups -OCH3 is 1. The van der Waals surface area contributed by atoms with Crippen molar-refractivity contribution in [2.24, 2.45) is 0 Å². The maximum Gasteiger partial charge on any atom is 0.196 e. The highest BCUT2D eigenvalue weighted by Gasteiger charge is 2.07. The van der Waals surface area contributed by atoms with Crippen LogP contribution in [0.5, 0.6) is 10.8 Å². The molecule has 3 N–H and O–H groups in total. The molecule has 0 spiro atoms. The summed E-state index contributed by atoms with van der Waals surface area (Å²) >= 11 is 1.26. The van der Waals surface area contributed by atoms with E-state index in [1.54, 1.807) is 7.11 Å². The van der Waals surface area contributed by atoms with Crippen LogP contribution in [0.4, 0.5) is 5.69 Å². The Hall–Kier alpha value is -1.42. The van der Waals surface area contributed by atoms with Gasteiger partial charge in [-0.2, -0.15) is 0 Å². The first-order valence-electron chi connectivity index (χ1n) is 3.77. The van der Waals surface area contributed by atoms with Crippen molar-refractivity contribution in [3.63, 3.8) is 0 Å². The molecule has 3 nitrogen and oxygen atoms in total. The second-order valence-corrected chi connectivity index (χ2v) is 3.71. The maximum absolute atomic E-state index is 9.36. The number of thiophene rings is 1. The van der Waals surface area contributed by atoms with E-state index in [1.807, 2.05) is 18.2 Å². The number of ether oxygens (including phenoxy) is 1. The van der Waals surface area contributed by atoms with E-state index in [0.717, 1.165) is 15.8 Å². The van der Waals surface area contributed by atoms with Gasteiger partial charge in [0, 0.05) is 10.1 Å². The van der Waals surface area contributed by atoms with E-state index in [-0.39, 0.29) is 5.06 Å². The van der Waals surface area contributed by atoms with Crippen LogP contribution in [0.1, 0.15) is 0 Å². The van der Waals surface area contributed by atoms with Crippen LogP contribution in [0.25, 0.3) is 10.1 Å². The van der Waals surface area contributed by atoms with Gasteiger partial charge < -0.3 is 15.6 Å². The first-order valence-corrected chi connectivity index (χ1v) is 4.59. The zero-order valence-electron chi connectivity index (χ0n) is 7.07. The van der Waals surface area contributed by atoms with Crippen molar-refractivity contribution >= 4 is 27.1 Å². The van der Waals surface area contributed by atoms with Gasteiger partial charge in [-0.05, 0) is 18.2 Å². The third-order valence-electron chi connectivity index (χ3n) is 1.92. The minimum Gasteiger partial charge on any atom is -0.498 e. The normalized spacial score (nSPS) is 10.5. The number of benzene rings is 1. The number of anilines is 1. The lowest BCUT2D eigenvalue weighted by atomic mass is 10.2. The summed E-state index contributed by atoms with van der Waals surface area (Å²) in [6, 6.07) is 5.53. The summed E-state index contributed by atoms with van der Waals surface area (Å²) in [5.41, 5.74) is 6.10. The van der Waals surface area contributed by atoms with E-state index in [0.29, 0.717) is 5.69 Å². The molecular weight excluding hydrogens is 186 g/mol. The van der Waals surface area contributed by atoms with Crippen LogP contribution in [0.15, 0.2) is 18.2 Å². The van der Waals surface area contributed by atoms with Crippen LogP contribution >= 0.6 is 11.3 Å². The molecule has 1 aromatic carbocycles. The van der Waals surface area contributed by atoms with Crippen molar-refractivity contribution in [2.75, 3.05) is 12.8 Å². The summed E-state index contributed by atoms with van der Waals surface area (Å²) in [7, 11) is 1.61. The summed E-state index contributed by atoms with van der Waals surface area (Å²) in [5.74, 6) is 0.772. The van der Waals surface area contributed by atoms with Crippen LogP contribution in [0.2, 0.25) is 0 Å². The van der Waals surface area contributed by atoms with Crippen LogP contribution in [0, 0.1) is 0 Å². The Kier molecular flexibility index (Phi) is 1.77. The van der Waals surface area contributed by atoms with Crippen molar-refractivity contribution in [1.29, 1.82) is 0 Å². The maximum atomic E-state index is 9.36. The second kappa shape index (κ2) is 2.81. The summed E-state index contributed by atoms with van der Waals surface area (Å²) in [6.07, 6.45) is 0. The molecule has 0 aliphatic carbocycles. The molecule has 0 bridgehead atoms. The molecule has 1 heterocycles. The molecule has 0 amide bonds. The summed E-state index contributed by atoms with van der Waals surface area (Å²) in [4.78, 5) is 0. The highest BCUT2D eigenvalue weighted by Crippen LogP contribution is 2.40. The molecule has 0 aliphatic rings. The Morgan fingerprint density at radius 2 is 2.23 bits per heavy atom. The van der Waals surface area contributed by atoms with Crippen LogP contribution in [-0.4, -0.2) is 12.2 Å². The largest absolute Gasteiger partial charge is 0.498 e. The van der Waals surface area contributed by atoms with Gasteiger partial charge >= 0.3 is 0 Å². The van der Waals surface area contributed by atoms with Gasteiger partial charge in [-0.1, -0.05) is 11.3 Å². The SMILES string of the molecule is COc1ccc2c(N)c(O)sc2c1. The van der Waals surface area contributed by atoms with E-state index in [1.165, 1.54) is 11.3 Å². The first kappa shape index (κ1) is 8.19. The number of rotatable bonds is 1. The Bertz CT molecular complexity index is 450. The van der Waals surface area contributed by atoms with Gasteiger partial charge in [0.05, 0.1) is 12.8 Å². The highest BCUT2D eigenvalue weighted by atomic mass is 32.1. The molecule has 0 fully saturated rings. The number of hydrogen-bond donors (Lipinski definition) is 2. The van der Waals surface area contributed by atoms with Crippen molar-refractivity contribution < 1.29 is 9.84 Å². The second-order valence-electron chi connectivity index (χ2n) is 2.68. The van der Waals surface area contributed by atoms with Crippen molar-refractivity contribution in [3.8, 4) is 10.8 Å². The average Bonchev–Trinajstić information content (AvgIpc) is 2.42. The van der Waals surface area contributed by atoms with E-state index < -0.39 is 0 Å². The van der Waals surface area contributed by atoms with Gasteiger partial charge in [-0.3, -0.25) is 0 Å². The molecule has 0 radical (unpaired) electrons. The number of fused-ring (bicyclic) bond motifs is 1. The standard InChI is InChI=1S/C9H9NO2S/c1-12-5-2-3-6-7(4-5)13-9(11)8(6)10/h2-4,11H,10H2,1H3. The highest BCUT2D eigenvalue weighted by molar-refractivity contribution is 7.21. The van der Waals surface area contributed by atoms with Crippen molar-refractivity contribution in [1.82, 2.24) is 0 Å². The van der Waals surface area contributed by atoms with E-state index >= 15 is 0 Å². The Balaban J connectivity index is 2.73. The summed E-state index contributed by atoms with van der Waals surface area (Å²) in [6.45, 7) is 0. The van der Waals surface area contributed by atoms with E-state index in [2.05, 4.69) is 0 Å². The molecule has 0 saturated heterocycles. The lowest BCUT2D eigenvalue weighted by molar-refractivity contribution is 0.415. The van der Waals surface area contributed by atoms with E-state index in [9.17, 15) is 5.11 Å². The molecular formula is C9H9NO2S. The number of hydrogen-bond acceptors (Lipinski definition) is 4. The Morgan fingerprint density at radius 1 is 1.46 bits per heavy atom. The molecule has 68 valence electrons. The molecule has 0 aliphatic heterocycles. The van der Waals surface area contributed by atoms with Gasteiger partial charge in [0.2, 0.25) is 0 Å². The smallest absolute Gasteiger partial charge is 0.196 e.